The van der Waals surface area contributed by atoms with E-state index in [-0.39, 0.29) is 6.10 Å². The fourth-order valence-corrected chi connectivity index (χ4v) is 1.98. The van der Waals surface area contributed by atoms with Gasteiger partial charge in [0.05, 0.1) is 12.7 Å². The van der Waals surface area contributed by atoms with Crippen LogP contribution in [0.5, 0.6) is 0 Å². The first-order chi connectivity index (χ1) is 8.79. The Balaban J connectivity index is 2.02. The van der Waals surface area contributed by atoms with Gasteiger partial charge >= 0.3 is 0 Å². The molecule has 0 aromatic heterocycles. The fraction of sp³-hybridized carbons (Fsp3) is 0.200. The molecule has 0 amide bonds. The number of hydrogen-bond donors (Lipinski definition) is 1. The molecule has 0 aliphatic carbocycles. The molecule has 3 heteroatoms. The van der Waals surface area contributed by atoms with Gasteiger partial charge in [-0.15, -0.1) is 0 Å². The number of hydrogen-bond acceptors (Lipinski definition) is 2. The van der Waals surface area contributed by atoms with Gasteiger partial charge in [0.1, 0.15) is 0 Å². The number of benzene rings is 2. The van der Waals surface area contributed by atoms with E-state index in [1.165, 1.54) is 0 Å². The zero-order chi connectivity index (χ0) is 12.8. The maximum atomic E-state index is 5.97. The van der Waals surface area contributed by atoms with Crippen LogP contribution in [0.1, 0.15) is 17.2 Å². The van der Waals surface area contributed by atoms with E-state index in [9.17, 15) is 0 Å². The molecule has 2 rings (SSSR count). The Morgan fingerprint density at radius 1 is 1.06 bits per heavy atom. The van der Waals surface area contributed by atoms with E-state index in [4.69, 9.17) is 22.1 Å². The average Bonchev–Trinajstić information content (AvgIpc) is 2.41. The lowest BCUT2D eigenvalue weighted by molar-refractivity contribution is 0.0456. The Bertz CT molecular complexity index is 487. The molecule has 1 unspecified atom stereocenters. The van der Waals surface area contributed by atoms with E-state index >= 15 is 0 Å². The molecule has 0 aliphatic heterocycles. The number of ether oxygens (including phenoxy) is 1. The minimum absolute atomic E-state index is 0.121. The van der Waals surface area contributed by atoms with Gasteiger partial charge in [-0.1, -0.05) is 54.1 Å². The van der Waals surface area contributed by atoms with Crippen LogP contribution in [-0.4, -0.2) is 6.54 Å². The van der Waals surface area contributed by atoms with Gasteiger partial charge in [0, 0.05) is 11.6 Å². The summed E-state index contributed by atoms with van der Waals surface area (Å²) in [5.74, 6) is 0. The molecule has 0 saturated carbocycles. The van der Waals surface area contributed by atoms with Crippen molar-refractivity contribution < 1.29 is 4.74 Å². The zero-order valence-corrected chi connectivity index (χ0v) is 10.8. The van der Waals surface area contributed by atoms with Crippen molar-refractivity contribution in [1.29, 1.82) is 0 Å². The highest BCUT2D eigenvalue weighted by atomic mass is 35.5. The lowest BCUT2D eigenvalue weighted by Gasteiger charge is -2.16. The molecular weight excluding hydrogens is 246 g/mol. The van der Waals surface area contributed by atoms with Crippen LogP contribution in [-0.2, 0) is 11.3 Å². The van der Waals surface area contributed by atoms with Crippen LogP contribution in [0, 0.1) is 0 Å². The Hall–Kier alpha value is -1.35. The fourth-order valence-electron chi connectivity index (χ4n) is 1.78. The molecule has 0 aliphatic rings. The predicted molar refractivity (Wildman–Crippen MR) is 74.5 cm³/mol. The first-order valence-electron chi connectivity index (χ1n) is 5.90. The topological polar surface area (TPSA) is 35.2 Å². The van der Waals surface area contributed by atoms with Crippen molar-refractivity contribution in [3.63, 3.8) is 0 Å². The highest BCUT2D eigenvalue weighted by molar-refractivity contribution is 6.30. The van der Waals surface area contributed by atoms with Crippen molar-refractivity contribution in [3.8, 4) is 0 Å². The molecular formula is C15H16ClNO. The smallest absolute Gasteiger partial charge is 0.0952 e. The third-order valence-corrected chi connectivity index (χ3v) is 2.96. The molecule has 2 aromatic rings. The molecule has 94 valence electrons. The van der Waals surface area contributed by atoms with Crippen molar-refractivity contribution >= 4 is 11.6 Å². The minimum Gasteiger partial charge on any atom is -0.368 e. The van der Waals surface area contributed by atoms with Gasteiger partial charge in [-0.2, -0.15) is 0 Å². The maximum absolute atomic E-state index is 5.97. The maximum Gasteiger partial charge on any atom is 0.0952 e. The van der Waals surface area contributed by atoms with Crippen molar-refractivity contribution in [2.45, 2.75) is 12.7 Å². The highest BCUT2D eigenvalue weighted by Gasteiger charge is 2.10. The lowest BCUT2D eigenvalue weighted by atomic mass is 10.1. The van der Waals surface area contributed by atoms with Crippen LogP contribution in [0.4, 0.5) is 0 Å². The van der Waals surface area contributed by atoms with E-state index in [1.807, 2.05) is 54.6 Å². The summed E-state index contributed by atoms with van der Waals surface area (Å²) >= 11 is 5.97. The van der Waals surface area contributed by atoms with E-state index in [0.29, 0.717) is 18.2 Å². The summed E-state index contributed by atoms with van der Waals surface area (Å²) in [5.41, 5.74) is 7.90. The van der Waals surface area contributed by atoms with Gasteiger partial charge < -0.3 is 10.5 Å². The highest BCUT2D eigenvalue weighted by Crippen LogP contribution is 2.21. The summed E-state index contributed by atoms with van der Waals surface area (Å²) in [6, 6.07) is 17.7. The molecule has 0 bridgehead atoms. The molecule has 2 N–H and O–H groups in total. The lowest BCUT2D eigenvalue weighted by Crippen LogP contribution is -2.15. The summed E-state index contributed by atoms with van der Waals surface area (Å²) in [5, 5.41) is 0.703. The number of rotatable bonds is 5. The molecule has 0 heterocycles. The molecule has 0 fully saturated rings. The van der Waals surface area contributed by atoms with Gasteiger partial charge in [0.25, 0.3) is 0 Å². The second-order valence-electron chi connectivity index (χ2n) is 4.08. The third-order valence-electron chi connectivity index (χ3n) is 2.73. The van der Waals surface area contributed by atoms with E-state index < -0.39 is 0 Å². The Morgan fingerprint density at radius 2 is 1.83 bits per heavy atom. The van der Waals surface area contributed by atoms with Crippen LogP contribution in [0.2, 0.25) is 5.02 Å². The summed E-state index contributed by atoms with van der Waals surface area (Å²) in [6.45, 7) is 0.988. The van der Waals surface area contributed by atoms with Crippen molar-refractivity contribution in [2.75, 3.05) is 6.54 Å². The van der Waals surface area contributed by atoms with Gasteiger partial charge in [-0.05, 0) is 23.3 Å². The first-order valence-corrected chi connectivity index (χ1v) is 6.28. The Labute approximate surface area is 112 Å². The molecule has 18 heavy (non-hydrogen) atoms. The van der Waals surface area contributed by atoms with Gasteiger partial charge in [0.2, 0.25) is 0 Å². The summed E-state index contributed by atoms with van der Waals surface area (Å²) in [4.78, 5) is 0. The largest absolute Gasteiger partial charge is 0.368 e. The van der Waals surface area contributed by atoms with Gasteiger partial charge in [-0.25, -0.2) is 0 Å². The molecule has 1 atom stereocenters. The van der Waals surface area contributed by atoms with Crippen LogP contribution in [0.25, 0.3) is 0 Å². The molecule has 2 aromatic carbocycles. The van der Waals surface area contributed by atoms with Gasteiger partial charge in [-0.3, -0.25) is 0 Å². The molecule has 0 spiro atoms. The second kappa shape index (κ2) is 6.55. The monoisotopic (exact) mass is 261 g/mol. The summed E-state index contributed by atoms with van der Waals surface area (Å²) in [6.07, 6.45) is -0.121. The van der Waals surface area contributed by atoms with E-state index in [2.05, 4.69) is 0 Å². The number of halogens is 1. The SMILES string of the molecule is NCC(OCc1ccccc1)c1cccc(Cl)c1. The average molecular weight is 262 g/mol. The Kier molecular flexibility index (Phi) is 4.76. The standard InChI is InChI=1S/C15H16ClNO/c16-14-8-4-7-13(9-14)15(10-17)18-11-12-5-2-1-3-6-12/h1-9,15H,10-11,17H2. The normalized spacial score (nSPS) is 12.3. The van der Waals surface area contributed by atoms with Crippen LogP contribution in [0.3, 0.4) is 0 Å². The van der Waals surface area contributed by atoms with E-state index in [1.54, 1.807) is 0 Å². The number of nitrogens with two attached hydrogens (primary N) is 1. The predicted octanol–water partition coefficient (Wildman–Crippen LogP) is 3.56. The quantitative estimate of drug-likeness (QED) is 0.893. The molecule has 2 nitrogen and oxygen atoms in total. The molecule has 0 radical (unpaired) electrons. The van der Waals surface area contributed by atoms with Crippen molar-refractivity contribution in [3.05, 3.63) is 70.7 Å². The van der Waals surface area contributed by atoms with E-state index in [0.717, 1.165) is 11.1 Å². The van der Waals surface area contributed by atoms with Crippen molar-refractivity contribution in [1.82, 2.24) is 0 Å². The first kappa shape index (κ1) is 13.1. The van der Waals surface area contributed by atoms with Crippen LogP contribution in [0.15, 0.2) is 54.6 Å². The Morgan fingerprint density at radius 3 is 2.50 bits per heavy atom. The zero-order valence-electron chi connectivity index (χ0n) is 10.1. The molecule has 0 saturated heterocycles. The van der Waals surface area contributed by atoms with Crippen LogP contribution >= 0.6 is 11.6 Å². The van der Waals surface area contributed by atoms with Gasteiger partial charge in [0.15, 0.2) is 0 Å². The third kappa shape index (κ3) is 3.57. The van der Waals surface area contributed by atoms with Crippen LogP contribution < -0.4 is 5.73 Å². The second-order valence-corrected chi connectivity index (χ2v) is 4.51. The minimum atomic E-state index is -0.121. The van der Waals surface area contributed by atoms with Crippen molar-refractivity contribution in [2.24, 2.45) is 5.73 Å². The summed E-state index contributed by atoms with van der Waals surface area (Å²) in [7, 11) is 0. The summed E-state index contributed by atoms with van der Waals surface area (Å²) < 4.78 is 5.83.